The Hall–Kier alpha value is -4.08. The topological polar surface area (TPSA) is 67.4 Å². The summed E-state index contributed by atoms with van der Waals surface area (Å²) in [4.78, 5) is 22.3. The third-order valence-corrected chi connectivity index (χ3v) is 5.77. The quantitative estimate of drug-likeness (QED) is 0.375. The average molecular weight is 469 g/mol. The number of likely N-dealkylation sites (tertiary alicyclic amines) is 1. The minimum atomic E-state index is 0.173. The fourth-order valence-corrected chi connectivity index (χ4v) is 3.97. The van der Waals surface area contributed by atoms with Crippen molar-refractivity contribution in [3.8, 4) is 23.3 Å². The van der Waals surface area contributed by atoms with E-state index in [4.69, 9.17) is 16.3 Å². The van der Waals surface area contributed by atoms with Crippen molar-refractivity contribution in [1.82, 2.24) is 14.9 Å². The number of fused-ring (bicyclic) bond motifs is 1. The number of nitrogens with one attached hydrogen (secondary N) is 1. The number of anilines is 2. The molecule has 0 atom stereocenters. The molecule has 1 aromatic heterocycles. The van der Waals surface area contributed by atoms with Crippen LogP contribution in [0.2, 0.25) is 5.02 Å². The van der Waals surface area contributed by atoms with Crippen LogP contribution < -0.4 is 10.1 Å². The minimum absolute atomic E-state index is 0.173. The Morgan fingerprint density at radius 1 is 1.06 bits per heavy atom. The summed E-state index contributed by atoms with van der Waals surface area (Å²) in [6, 6.07) is 20.8. The van der Waals surface area contributed by atoms with Crippen molar-refractivity contribution >= 4 is 39.9 Å². The highest BCUT2D eigenvalue weighted by Crippen LogP contribution is 2.33. The number of halogens is 1. The van der Waals surface area contributed by atoms with Gasteiger partial charge < -0.3 is 15.0 Å². The molecule has 0 aliphatic carbocycles. The largest absolute Gasteiger partial charge is 0.456 e. The summed E-state index contributed by atoms with van der Waals surface area (Å²) >= 11 is 6.47. The number of amides is 1. The Kier molecular flexibility index (Phi) is 6.28. The van der Waals surface area contributed by atoms with E-state index < -0.39 is 0 Å². The third-order valence-electron chi connectivity index (χ3n) is 5.47. The summed E-state index contributed by atoms with van der Waals surface area (Å²) in [6.07, 6.45) is 3.04. The highest BCUT2D eigenvalue weighted by Gasteiger charge is 2.18. The van der Waals surface area contributed by atoms with E-state index in [0.29, 0.717) is 29.6 Å². The summed E-state index contributed by atoms with van der Waals surface area (Å²) in [7, 11) is 0. The molecular formula is C27H21ClN4O2. The second-order valence-electron chi connectivity index (χ2n) is 7.86. The first-order valence-electron chi connectivity index (χ1n) is 11.0. The fourth-order valence-electron chi connectivity index (χ4n) is 3.76. The average Bonchev–Trinajstić information content (AvgIpc) is 3.26. The van der Waals surface area contributed by atoms with Gasteiger partial charge in [-0.3, -0.25) is 4.79 Å². The first-order chi connectivity index (χ1) is 16.7. The van der Waals surface area contributed by atoms with Crippen molar-refractivity contribution in [3.05, 3.63) is 83.6 Å². The van der Waals surface area contributed by atoms with E-state index in [0.717, 1.165) is 40.9 Å². The Bertz CT molecular complexity index is 1410. The SMILES string of the molecule is O=C1CCCN1CC#Cc1ccc2ncnc(Nc3ccc(Oc4ccccc4)c(Cl)c3)c2c1. The van der Waals surface area contributed by atoms with E-state index in [2.05, 4.69) is 27.1 Å². The third kappa shape index (κ3) is 4.95. The molecule has 0 unspecified atom stereocenters. The van der Waals surface area contributed by atoms with E-state index in [-0.39, 0.29) is 5.91 Å². The van der Waals surface area contributed by atoms with Gasteiger partial charge in [0, 0.05) is 29.6 Å². The van der Waals surface area contributed by atoms with Gasteiger partial charge in [-0.2, -0.15) is 0 Å². The standard InChI is InChI=1S/C27H21ClN4O2/c28-23-17-20(11-13-25(23)34-21-7-2-1-3-8-21)31-27-22-16-19(10-12-24(22)29-18-30-27)6-4-14-32-15-5-9-26(32)33/h1-3,7-8,10-13,16-18H,5,9,14-15H2,(H,29,30,31). The maximum atomic E-state index is 11.8. The van der Waals surface area contributed by atoms with Gasteiger partial charge >= 0.3 is 0 Å². The maximum absolute atomic E-state index is 11.8. The Morgan fingerprint density at radius 2 is 1.94 bits per heavy atom. The molecule has 1 aliphatic heterocycles. The fraction of sp³-hybridized carbons (Fsp3) is 0.148. The van der Waals surface area contributed by atoms with Crippen LogP contribution in [-0.2, 0) is 4.79 Å². The molecule has 168 valence electrons. The van der Waals surface area contributed by atoms with Gasteiger partial charge in [0.2, 0.25) is 5.91 Å². The number of ether oxygens (including phenoxy) is 1. The molecule has 0 radical (unpaired) electrons. The molecule has 1 saturated heterocycles. The molecule has 1 fully saturated rings. The second-order valence-corrected chi connectivity index (χ2v) is 8.27. The first kappa shape index (κ1) is 21.7. The molecule has 1 amide bonds. The monoisotopic (exact) mass is 468 g/mol. The predicted octanol–water partition coefficient (Wildman–Crippen LogP) is 5.79. The van der Waals surface area contributed by atoms with Crippen LogP contribution in [0.25, 0.3) is 10.9 Å². The molecule has 0 spiro atoms. The lowest BCUT2D eigenvalue weighted by atomic mass is 10.1. The highest BCUT2D eigenvalue weighted by molar-refractivity contribution is 6.32. The molecule has 3 aromatic carbocycles. The van der Waals surface area contributed by atoms with Crippen molar-refractivity contribution in [2.75, 3.05) is 18.4 Å². The van der Waals surface area contributed by atoms with Gasteiger partial charge in [-0.25, -0.2) is 9.97 Å². The van der Waals surface area contributed by atoms with Crippen molar-refractivity contribution in [2.45, 2.75) is 12.8 Å². The number of aromatic nitrogens is 2. The number of benzene rings is 3. The van der Waals surface area contributed by atoms with Crippen LogP contribution in [0.15, 0.2) is 73.1 Å². The summed E-state index contributed by atoms with van der Waals surface area (Å²) in [5.41, 5.74) is 2.41. The van der Waals surface area contributed by atoms with Gasteiger partial charge in [0.05, 0.1) is 17.1 Å². The smallest absolute Gasteiger partial charge is 0.223 e. The van der Waals surface area contributed by atoms with Gasteiger partial charge in [-0.05, 0) is 55.0 Å². The van der Waals surface area contributed by atoms with E-state index >= 15 is 0 Å². The van der Waals surface area contributed by atoms with Crippen molar-refractivity contribution in [3.63, 3.8) is 0 Å². The van der Waals surface area contributed by atoms with Crippen LogP contribution in [0.5, 0.6) is 11.5 Å². The number of nitrogens with zero attached hydrogens (tertiary/aromatic N) is 3. The van der Waals surface area contributed by atoms with E-state index in [1.807, 2.05) is 60.7 Å². The number of carbonyl (C=O) groups excluding carboxylic acids is 1. The molecule has 1 N–H and O–H groups in total. The molecule has 4 aromatic rings. The predicted molar refractivity (Wildman–Crippen MR) is 133 cm³/mol. The number of rotatable bonds is 5. The van der Waals surface area contributed by atoms with Crippen LogP contribution in [0, 0.1) is 11.8 Å². The summed E-state index contributed by atoms with van der Waals surface area (Å²) in [6.45, 7) is 1.23. The van der Waals surface area contributed by atoms with Crippen molar-refractivity contribution in [2.24, 2.45) is 0 Å². The van der Waals surface area contributed by atoms with Crippen LogP contribution >= 0.6 is 11.6 Å². The normalized spacial score (nSPS) is 13.0. The highest BCUT2D eigenvalue weighted by atomic mass is 35.5. The molecule has 0 bridgehead atoms. The van der Waals surface area contributed by atoms with Crippen molar-refractivity contribution < 1.29 is 9.53 Å². The van der Waals surface area contributed by atoms with Crippen molar-refractivity contribution in [1.29, 1.82) is 0 Å². The zero-order valence-electron chi connectivity index (χ0n) is 18.3. The molecule has 5 rings (SSSR count). The molecule has 7 heteroatoms. The lowest BCUT2D eigenvalue weighted by Gasteiger charge is -2.12. The van der Waals surface area contributed by atoms with Crippen LogP contribution in [0.1, 0.15) is 18.4 Å². The number of hydrogen-bond donors (Lipinski definition) is 1. The van der Waals surface area contributed by atoms with Gasteiger partial charge in [0.25, 0.3) is 0 Å². The van der Waals surface area contributed by atoms with Crippen LogP contribution in [0.4, 0.5) is 11.5 Å². The second kappa shape index (κ2) is 9.82. The molecule has 2 heterocycles. The first-order valence-corrected chi connectivity index (χ1v) is 11.3. The van der Waals surface area contributed by atoms with E-state index in [9.17, 15) is 4.79 Å². The zero-order chi connectivity index (χ0) is 23.3. The lowest BCUT2D eigenvalue weighted by Crippen LogP contribution is -2.24. The summed E-state index contributed by atoms with van der Waals surface area (Å²) in [5, 5.41) is 4.64. The van der Waals surface area contributed by atoms with Gasteiger partial charge in [-0.15, -0.1) is 0 Å². The lowest BCUT2D eigenvalue weighted by molar-refractivity contribution is -0.127. The van der Waals surface area contributed by atoms with E-state index in [1.54, 1.807) is 11.0 Å². The summed E-state index contributed by atoms with van der Waals surface area (Å²) < 4.78 is 5.86. The molecule has 34 heavy (non-hydrogen) atoms. The Balaban J connectivity index is 1.35. The van der Waals surface area contributed by atoms with E-state index in [1.165, 1.54) is 6.33 Å². The summed E-state index contributed by atoms with van der Waals surface area (Å²) in [5.74, 6) is 8.36. The van der Waals surface area contributed by atoms with Crippen LogP contribution in [-0.4, -0.2) is 33.9 Å². The maximum Gasteiger partial charge on any atom is 0.223 e. The Morgan fingerprint density at radius 3 is 2.74 bits per heavy atom. The molecule has 1 aliphatic rings. The Labute approximate surface area is 202 Å². The minimum Gasteiger partial charge on any atom is -0.456 e. The molecule has 0 saturated carbocycles. The molecular weight excluding hydrogens is 448 g/mol. The van der Waals surface area contributed by atoms with Gasteiger partial charge in [0.15, 0.2) is 0 Å². The molecule has 6 nitrogen and oxygen atoms in total. The number of para-hydroxylation sites is 1. The zero-order valence-corrected chi connectivity index (χ0v) is 19.0. The number of hydrogen-bond acceptors (Lipinski definition) is 5. The van der Waals surface area contributed by atoms with Gasteiger partial charge in [0.1, 0.15) is 23.6 Å². The van der Waals surface area contributed by atoms with Gasteiger partial charge in [-0.1, -0.05) is 41.6 Å². The number of carbonyl (C=O) groups is 1. The van der Waals surface area contributed by atoms with Crippen LogP contribution in [0.3, 0.4) is 0 Å².